The van der Waals surface area contributed by atoms with Crippen molar-refractivity contribution in [1.29, 1.82) is 0 Å². The zero-order valence-electron chi connectivity index (χ0n) is 0.577. The van der Waals surface area contributed by atoms with Gasteiger partial charge in [-0.05, 0) is 11.0 Å². The van der Waals surface area contributed by atoms with Crippen molar-refractivity contribution in [3.63, 3.8) is 0 Å². The second kappa shape index (κ2) is 22.3. The molecule has 0 N–H and O–H groups in total. The summed E-state index contributed by atoms with van der Waals surface area (Å²) in [5, 5.41) is 0. The average Bonchev–Trinajstić information content (AvgIpc) is 0. The minimum atomic E-state index is 0. The maximum Gasteiger partial charge on any atom is -0.0149 e. The van der Waals surface area contributed by atoms with Gasteiger partial charge in [0.25, 0.3) is 0 Å². The summed E-state index contributed by atoms with van der Waals surface area (Å²) in [5.74, 6) is 0. The predicted octanol–water partition coefficient (Wildman–Crippen LogP) is -4.47. The van der Waals surface area contributed by atoms with Crippen LogP contribution < -0.4 is 0 Å². The van der Waals surface area contributed by atoms with Crippen molar-refractivity contribution in [1.82, 2.24) is 0 Å². The molecule has 0 aliphatic carbocycles. The molecule has 0 nitrogen and oxygen atoms in total. The Kier molecular flexibility index (Phi) is 244. The molecule has 0 spiro atoms. The van der Waals surface area contributed by atoms with Gasteiger partial charge in [0.1, 0.15) is 0 Å². The van der Waals surface area contributed by atoms with E-state index >= 15 is 0 Å². The van der Waals surface area contributed by atoms with Crippen LogP contribution in [-0.4, -0.2) is 62.8 Å². The Hall–Kier alpha value is 1.69. The fourth-order valence-corrected chi connectivity index (χ4v) is 0. The van der Waals surface area contributed by atoms with Crippen LogP contribution in [-0.2, 0) is 0 Å². The minimum absolute atomic E-state index is 0. The first-order chi connectivity index (χ1) is 0. The van der Waals surface area contributed by atoms with Gasteiger partial charge in [0.15, 0.2) is 0 Å². The number of rotatable bonds is 0. The van der Waals surface area contributed by atoms with Crippen LogP contribution in [0.15, 0.2) is 0 Å². The summed E-state index contributed by atoms with van der Waals surface area (Å²) in [6.45, 7) is 0. The van der Waals surface area contributed by atoms with Crippen LogP contribution in [0, 0.1) is 0 Å². The van der Waals surface area contributed by atoms with Gasteiger partial charge < -0.3 is 0 Å². The standard InChI is InChI=1S/B.GeH4.In.H4Si.3H/h;1H4;;1H4;;;. The van der Waals surface area contributed by atoms with E-state index in [-0.39, 0.29) is 62.8 Å². The van der Waals surface area contributed by atoms with Crippen molar-refractivity contribution in [2.75, 3.05) is 0 Å². The second-order valence-corrected chi connectivity index (χ2v) is 0. The third-order valence-corrected chi connectivity index (χ3v) is 0. The summed E-state index contributed by atoms with van der Waals surface area (Å²) >= 11 is 0. The molecule has 4 heteroatoms. The Labute approximate surface area is 62.5 Å². The van der Waals surface area contributed by atoms with E-state index in [4.69, 9.17) is 0 Å². The Morgan fingerprint density at radius 1 is 1.00 bits per heavy atom. The van der Waals surface area contributed by atoms with Gasteiger partial charge in [-0.2, -0.15) is 0 Å². The normalized spacial score (nSPS) is 0. The van der Waals surface area contributed by atoms with Crippen molar-refractivity contribution in [2.24, 2.45) is 0 Å². The van der Waals surface area contributed by atoms with E-state index in [9.17, 15) is 0 Å². The topological polar surface area (TPSA) is 0 Å². The molecule has 0 aromatic carbocycles. The first-order valence-corrected chi connectivity index (χ1v) is 0. The summed E-state index contributed by atoms with van der Waals surface area (Å²) in [7, 11) is 0. The van der Waals surface area contributed by atoms with E-state index in [1.807, 2.05) is 0 Å². The molecule has 3 radical (unpaired) electrons. The van der Waals surface area contributed by atoms with Crippen molar-refractivity contribution < 1.29 is 0 Å². The third kappa shape index (κ3) is 9.34. The summed E-state index contributed by atoms with van der Waals surface area (Å²) < 4.78 is 0. The molecule has 0 rings (SSSR count). The first-order valence-electron chi connectivity index (χ1n) is 0. The first kappa shape index (κ1) is 43.7. The molecule has 0 aliphatic rings. The van der Waals surface area contributed by atoms with Crippen LogP contribution in [0.25, 0.3) is 0 Å². The van der Waals surface area contributed by atoms with E-state index in [1.165, 1.54) is 0 Å². The van der Waals surface area contributed by atoms with Gasteiger partial charge in [-0.3, -0.25) is 0 Å². The number of hydrogen-bond donors (Lipinski definition) is 0. The van der Waals surface area contributed by atoms with Gasteiger partial charge in [-0.25, -0.2) is 0 Å². The molecule has 25 valence electrons. The van der Waals surface area contributed by atoms with Gasteiger partial charge in [0.05, 0.1) is 0 Å². The monoisotopic (exact) mass is 239 g/mol. The predicted molar refractivity (Wildman–Crippen MR) is 38.4 cm³/mol. The fraction of sp³-hybridized carbons (Fsp3) is 0. The summed E-state index contributed by atoms with van der Waals surface area (Å²) in [6.07, 6.45) is 0. The third-order valence-electron chi connectivity index (χ3n) is 0. The molecule has 0 aromatic rings. The molecule has 0 aliphatic heterocycles. The van der Waals surface area contributed by atoms with E-state index in [0.717, 1.165) is 0 Å². The van der Waals surface area contributed by atoms with Gasteiger partial charge in [-0.1, -0.05) is 0 Å². The Balaban J connectivity index is 0. The summed E-state index contributed by atoms with van der Waals surface area (Å²) in [4.78, 5) is 0. The Morgan fingerprint density at radius 3 is 1.00 bits per heavy atom. The fourth-order valence-electron chi connectivity index (χ4n) is 0. The summed E-state index contributed by atoms with van der Waals surface area (Å²) in [6, 6.07) is 0. The van der Waals surface area contributed by atoms with Gasteiger partial charge in [0, 0.05) is 8.41 Å². The molecule has 4 heavy (non-hydrogen) atoms. The molecule has 0 atom stereocenters. The van der Waals surface area contributed by atoms with Crippen LogP contribution in [0.2, 0.25) is 0 Å². The SMILES string of the molecule is [B].[GeH4].[InH3].[SiH4]. The molecule has 0 unspecified atom stereocenters. The van der Waals surface area contributed by atoms with Crippen LogP contribution in [0.4, 0.5) is 0 Å². The van der Waals surface area contributed by atoms with Crippen molar-refractivity contribution in [3.8, 4) is 0 Å². The Morgan fingerprint density at radius 2 is 1.00 bits per heavy atom. The zero-order valence-corrected chi connectivity index (χ0v) is 0.577. The average molecular weight is 237 g/mol. The molecule has 0 saturated carbocycles. The quantitative estimate of drug-likeness (QED) is 0.373. The molecule has 0 fully saturated rings. The van der Waals surface area contributed by atoms with E-state index in [0.29, 0.717) is 0 Å². The zero-order chi connectivity index (χ0) is 0. The van der Waals surface area contributed by atoms with E-state index in [2.05, 4.69) is 0 Å². The van der Waals surface area contributed by atoms with Crippen molar-refractivity contribution in [2.45, 2.75) is 0 Å². The van der Waals surface area contributed by atoms with E-state index < -0.39 is 0 Å². The van der Waals surface area contributed by atoms with Gasteiger partial charge in [0.2, 0.25) is 0 Å². The maximum absolute atomic E-state index is 0. The van der Waals surface area contributed by atoms with Crippen LogP contribution >= 0.6 is 0 Å². The van der Waals surface area contributed by atoms with Crippen molar-refractivity contribution in [3.05, 3.63) is 0 Å². The number of hydrogen-bond acceptors (Lipinski definition) is 0. The van der Waals surface area contributed by atoms with Crippen LogP contribution in [0.3, 0.4) is 0 Å². The molecule has 0 saturated heterocycles. The molecular weight excluding hydrogens is 226 g/mol. The largest absolute Gasteiger partial charge is 0.0149 e. The maximum atomic E-state index is 0. The van der Waals surface area contributed by atoms with Crippen LogP contribution in [0.1, 0.15) is 0 Å². The molecule has 0 heterocycles. The Bertz CT molecular complexity index is 8.00. The molecular formula is H11BGeInSi. The molecule has 0 aromatic heterocycles. The van der Waals surface area contributed by atoms with Crippen LogP contribution in [0.5, 0.6) is 0 Å². The van der Waals surface area contributed by atoms with Crippen molar-refractivity contribution >= 4 is 62.8 Å². The smallest absolute Gasteiger partial charge is 0.0149 e. The van der Waals surface area contributed by atoms with E-state index in [1.54, 1.807) is 0 Å². The summed E-state index contributed by atoms with van der Waals surface area (Å²) in [5.41, 5.74) is 0. The minimum Gasteiger partial charge on any atom is -0.0149 e. The van der Waals surface area contributed by atoms with Gasteiger partial charge >= 0.3 is 43.4 Å². The molecule has 0 amide bonds. The van der Waals surface area contributed by atoms with Gasteiger partial charge in [-0.15, -0.1) is 0 Å². The molecule has 0 bridgehead atoms. The second-order valence-electron chi connectivity index (χ2n) is 0.